The Labute approximate surface area is 99.3 Å². The number of aromatic hydroxyl groups is 1. The Morgan fingerprint density at radius 2 is 1.94 bits per heavy atom. The standard InChI is InChI=1S/C12H16N2O3/c1-7(2)13-4-5-14-8(3)6-9(15)11(16)10(14)12(13)17/h6-7,16H,4-5H2,1-3H3. The maximum absolute atomic E-state index is 12.2. The molecule has 1 aliphatic rings. The molecule has 1 aliphatic heterocycles. The summed E-state index contributed by atoms with van der Waals surface area (Å²) in [5.41, 5.74) is 0.335. The Kier molecular flexibility index (Phi) is 2.69. The van der Waals surface area contributed by atoms with Gasteiger partial charge in [0, 0.05) is 30.9 Å². The predicted molar refractivity (Wildman–Crippen MR) is 63.3 cm³/mol. The second-order valence-corrected chi connectivity index (χ2v) is 4.59. The summed E-state index contributed by atoms with van der Waals surface area (Å²) in [4.78, 5) is 25.4. The average molecular weight is 236 g/mol. The van der Waals surface area contributed by atoms with Crippen LogP contribution in [-0.2, 0) is 6.54 Å². The van der Waals surface area contributed by atoms with Crippen LogP contribution in [0.15, 0.2) is 10.9 Å². The molecule has 0 atom stereocenters. The molecule has 17 heavy (non-hydrogen) atoms. The number of carbonyl (C=O) groups is 1. The van der Waals surface area contributed by atoms with Crippen LogP contribution in [0.1, 0.15) is 30.0 Å². The largest absolute Gasteiger partial charge is 0.503 e. The van der Waals surface area contributed by atoms with Crippen LogP contribution in [0.5, 0.6) is 5.75 Å². The van der Waals surface area contributed by atoms with E-state index >= 15 is 0 Å². The molecule has 0 saturated carbocycles. The van der Waals surface area contributed by atoms with Gasteiger partial charge in [-0.3, -0.25) is 9.59 Å². The highest BCUT2D eigenvalue weighted by Crippen LogP contribution is 2.21. The van der Waals surface area contributed by atoms with E-state index < -0.39 is 11.2 Å². The Balaban J connectivity index is 2.63. The zero-order valence-electron chi connectivity index (χ0n) is 10.2. The van der Waals surface area contributed by atoms with Gasteiger partial charge in [0.05, 0.1) is 0 Å². The molecule has 0 aromatic carbocycles. The fraction of sp³-hybridized carbons (Fsp3) is 0.500. The van der Waals surface area contributed by atoms with E-state index in [9.17, 15) is 14.7 Å². The minimum atomic E-state index is -0.493. The first-order valence-electron chi connectivity index (χ1n) is 5.68. The van der Waals surface area contributed by atoms with Crippen LogP contribution >= 0.6 is 0 Å². The topological polar surface area (TPSA) is 62.5 Å². The van der Waals surface area contributed by atoms with E-state index in [0.717, 1.165) is 0 Å². The van der Waals surface area contributed by atoms with E-state index in [1.165, 1.54) is 6.07 Å². The Bertz CT molecular complexity index is 531. The summed E-state index contributed by atoms with van der Waals surface area (Å²) in [6.07, 6.45) is 0. The number of carbonyl (C=O) groups excluding carboxylic acids is 1. The molecule has 5 heteroatoms. The van der Waals surface area contributed by atoms with Crippen LogP contribution in [0.2, 0.25) is 0 Å². The van der Waals surface area contributed by atoms with E-state index in [0.29, 0.717) is 18.8 Å². The molecule has 92 valence electrons. The lowest BCUT2D eigenvalue weighted by molar-refractivity contribution is 0.0640. The smallest absolute Gasteiger partial charge is 0.274 e. The van der Waals surface area contributed by atoms with Crippen molar-refractivity contribution in [3.63, 3.8) is 0 Å². The van der Waals surface area contributed by atoms with E-state index in [1.807, 2.05) is 13.8 Å². The maximum Gasteiger partial charge on any atom is 0.274 e. The zero-order valence-corrected chi connectivity index (χ0v) is 10.2. The number of rotatable bonds is 1. The minimum Gasteiger partial charge on any atom is -0.503 e. The van der Waals surface area contributed by atoms with Crippen LogP contribution in [0.4, 0.5) is 0 Å². The number of amides is 1. The van der Waals surface area contributed by atoms with Gasteiger partial charge in [-0.25, -0.2) is 0 Å². The highest BCUT2D eigenvalue weighted by Gasteiger charge is 2.30. The number of aromatic nitrogens is 1. The third kappa shape index (κ3) is 1.71. The molecule has 0 saturated heterocycles. The Morgan fingerprint density at radius 1 is 1.29 bits per heavy atom. The molecule has 0 aliphatic carbocycles. The summed E-state index contributed by atoms with van der Waals surface area (Å²) in [5.74, 6) is -0.712. The third-order valence-electron chi connectivity index (χ3n) is 3.14. The number of hydrogen-bond donors (Lipinski definition) is 1. The van der Waals surface area contributed by atoms with Crippen molar-refractivity contribution >= 4 is 5.91 Å². The molecule has 2 rings (SSSR count). The van der Waals surface area contributed by atoms with Crippen molar-refractivity contribution < 1.29 is 9.90 Å². The fourth-order valence-electron chi connectivity index (χ4n) is 2.20. The quantitative estimate of drug-likeness (QED) is 0.781. The van der Waals surface area contributed by atoms with Gasteiger partial charge in [0.2, 0.25) is 5.43 Å². The summed E-state index contributed by atoms with van der Waals surface area (Å²) in [6, 6.07) is 1.42. The van der Waals surface area contributed by atoms with Crippen LogP contribution in [-0.4, -0.2) is 33.1 Å². The van der Waals surface area contributed by atoms with Gasteiger partial charge in [0.25, 0.3) is 5.91 Å². The lowest BCUT2D eigenvalue weighted by atomic mass is 10.1. The maximum atomic E-state index is 12.2. The van der Waals surface area contributed by atoms with Crippen LogP contribution in [0.3, 0.4) is 0 Å². The number of pyridine rings is 1. The molecule has 1 amide bonds. The van der Waals surface area contributed by atoms with Gasteiger partial charge in [-0.1, -0.05) is 0 Å². The Morgan fingerprint density at radius 3 is 2.53 bits per heavy atom. The summed E-state index contributed by atoms with van der Waals surface area (Å²) < 4.78 is 1.71. The van der Waals surface area contributed by atoms with Crippen molar-refractivity contribution in [2.75, 3.05) is 6.54 Å². The normalized spacial score (nSPS) is 15.3. The summed E-state index contributed by atoms with van der Waals surface area (Å²) in [7, 11) is 0. The minimum absolute atomic E-state index is 0.0614. The SMILES string of the molecule is Cc1cc(=O)c(O)c2n1CCN(C(C)C)C2=O. The van der Waals surface area contributed by atoms with E-state index in [1.54, 1.807) is 16.4 Å². The monoisotopic (exact) mass is 236 g/mol. The lowest BCUT2D eigenvalue weighted by Gasteiger charge is -2.33. The van der Waals surface area contributed by atoms with Crippen molar-refractivity contribution in [3.05, 3.63) is 27.7 Å². The second kappa shape index (κ2) is 3.91. The highest BCUT2D eigenvalue weighted by molar-refractivity contribution is 5.96. The molecule has 0 radical (unpaired) electrons. The van der Waals surface area contributed by atoms with Crippen LogP contribution in [0, 0.1) is 6.92 Å². The van der Waals surface area contributed by atoms with Crippen molar-refractivity contribution in [2.45, 2.75) is 33.4 Å². The molecule has 0 spiro atoms. The summed E-state index contributed by atoms with van der Waals surface area (Å²) in [5, 5.41) is 9.76. The molecule has 0 bridgehead atoms. The average Bonchev–Trinajstić information content (AvgIpc) is 2.25. The molecule has 0 unspecified atom stereocenters. The van der Waals surface area contributed by atoms with Gasteiger partial charge in [-0.15, -0.1) is 0 Å². The van der Waals surface area contributed by atoms with Gasteiger partial charge in [-0.05, 0) is 20.8 Å². The fourth-order valence-corrected chi connectivity index (χ4v) is 2.20. The van der Waals surface area contributed by atoms with Gasteiger partial charge in [0.1, 0.15) is 0 Å². The molecule has 1 aromatic rings. The van der Waals surface area contributed by atoms with Crippen molar-refractivity contribution in [3.8, 4) is 5.75 Å². The first kappa shape index (κ1) is 11.7. The molecule has 1 N–H and O–H groups in total. The molecular formula is C12H16N2O3. The zero-order chi connectivity index (χ0) is 12.7. The Hall–Kier alpha value is -1.78. The molecular weight excluding hydrogens is 220 g/mol. The summed E-state index contributed by atoms with van der Waals surface area (Å²) in [6.45, 7) is 6.81. The molecule has 1 aromatic heterocycles. The highest BCUT2D eigenvalue weighted by atomic mass is 16.3. The van der Waals surface area contributed by atoms with Gasteiger partial charge < -0.3 is 14.6 Å². The molecule has 2 heterocycles. The van der Waals surface area contributed by atoms with Gasteiger partial charge in [0.15, 0.2) is 11.4 Å². The first-order chi connectivity index (χ1) is 7.93. The van der Waals surface area contributed by atoms with E-state index in [4.69, 9.17) is 0 Å². The van der Waals surface area contributed by atoms with Crippen molar-refractivity contribution in [1.82, 2.24) is 9.47 Å². The van der Waals surface area contributed by atoms with E-state index in [-0.39, 0.29) is 17.6 Å². The molecule has 5 nitrogen and oxygen atoms in total. The van der Waals surface area contributed by atoms with Gasteiger partial charge >= 0.3 is 0 Å². The predicted octanol–water partition coefficient (Wildman–Crippen LogP) is 0.727. The third-order valence-corrected chi connectivity index (χ3v) is 3.14. The number of hydrogen-bond acceptors (Lipinski definition) is 3. The number of nitrogens with zero attached hydrogens (tertiary/aromatic N) is 2. The van der Waals surface area contributed by atoms with Crippen LogP contribution < -0.4 is 5.43 Å². The molecule has 0 fully saturated rings. The number of fused-ring (bicyclic) bond motifs is 1. The van der Waals surface area contributed by atoms with Crippen molar-refractivity contribution in [1.29, 1.82) is 0 Å². The van der Waals surface area contributed by atoms with Gasteiger partial charge in [-0.2, -0.15) is 0 Å². The second-order valence-electron chi connectivity index (χ2n) is 4.59. The number of aryl methyl sites for hydroxylation is 1. The first-order valence-corrected chi connectivity index (χ1v) is 5.68. The van der Waals surface area contributed by atoms with Crippen LogP contribution in [0.25, 0.3) is 0 Å². The summed E-state index contributed by atoms with van der Waals surface area (Å²) >= 11 is 0. The van der Waals surface area contributed by atoms with Crippen molar-refractivity contribution in [2.24, 2.45) is 0 Å². The van der Waals surface area contributed by atoms with E-state index in [2.05, 4.69) is 0 Å². The lowest BCUT2D eigenvalue weighted by Crippen LogP contribution is -2.45.